The van der Waals surface area contributed by atoms with Crippen molar-refractivity contribution in [2.75, 3.05) is 6.61 Å². The smallest absolute Gasteiger partial charge is 0.335 e. The molecule has 0 heterocycles. The number of aromatic carboxylic acids is 1. The summed E-state index contributed by atoms with van der Waals surface area (Å²) in [6, 6.07) is 23.8. The van der Waals surface area contributed by atoms with Crippen molar-refractivity contribution in [3.63, 3.8) is 0 Å². The molecule has 26 heavy (non-hydrogen) atoms. The minimum absolute atomic E-state index is 0.275. The number of hydrogen-bond acceptors (Lipinski definition) is 2. The van der Waals surface area contributed by atoms with Gasteiger partial charge in [0, 0.05) is 5.92 Å². The van der Waals surface area contributed by atoms with E-state index in [2.05, 4.69) is 48.5 Å². The fraction of sp³-hybridized carbons (Fsp3) is 0.174. The quantitative estimate of drug-likeness (QED) is 0.613. The Kier molecular flexibility index (Phi) is 4.44. The Morgan fingerprint density at radius 3 is 2.00 bits per heavy atom. The molecule has 0 unspecified atom stereocenters. The maximum atomic E-state index is 10.9. The summed E-state index contributed by atoms with van der Waals surface area (Å²) in [4.78, 5) is 10.9. The average molecular weight is 344 g/mol. The zero-order valence-corrected chi connectivity index (χ0v) is 14.4. The Morgan fingerprint density at radius 1 is 0.846 bits per heavy atom. The fourth-order valence-electron chi connectivity index (χ4n) is 3.74. The summed E-state index contributed by atoms with van der Waals surface area (Å²) in [5.41, 5.74) is 5.77. The summed E-state index contributed by atoms with van der Waals surface area (Å²) in [5.74, 6) is 0.206. The molecular weight excluding hydrogens is 324 g/mol. The van der Waals surface area contributed by atoms with Gasteiger partial charge in [-0.1, -0.05) is 48.5 Å². The van der Waals surface area contributed by atoms with Gasteiger partial charge in [0.25, 0.3) is 0 Å². The molecule has 0 atom stereocenters. The number of carboxylic acids is 1. The zero-order valence-electron chi connectivity index (χ0n) is 14.4. The number of carboxylic acid groups (broad SMARTS) is 1. The Bertz CT molecular complexity index is 883. The number of carbonyl (C=O) groups is 1. The summed E-state index contributed by atoms with van der Waals surface area (Å²) >= 11 is 0. The van der Waals surface area contributed by atoms with Crippen LogP contribution in [0.5, 0.6) is 5.75 Å². The third kappa shape index (κ3) is 3.08. The van der Waals surface area contributed by atoms with Crippen LogP contribution in [0.1, 0.15) is 40.2 Å². The van der Waals surface area contributed by atoms with Crippen molar-refractivity contribution in [1.29, 1.82) is 0 Å². The predicted octanol–water partition coefficient (Wildman–Crippen LogP) is 5.36. The summed E-state index contributed by atoms with van der Waals surface area (Å²) in [6.07, 6.45) is 1.97. The van der Waals surface area contributed by atoms with E-state index < -0.39 is 5.97 Å². The summed E-state index contributed by atoms with van der Waals surface area (Å²) in [5, 5.41) is 8.93. The zero-order chi connectivity index (χ0) is 17.9. The lowest BCUT2D eigenvalue weighted by Crippen LogP contribution is -2.03. The molecular formula is C23H20O3. The van der Waals surface area contributed by atoms with Gasteiger partial charge in [0.05, 0.1) is 12.2 Å². The van der Waals surface area contributed by atoms with Crippen LogP contribution in [0, 0.1) is 0 Å². The van der Waals surface area contributed by atoms with Crippen LogP contribution in [0.15, 0.2) is 72.8 Å². The average Bonchev–Trinajstić information content (AvgIpc) is 3.00. The van der Waals surface area contributed by atoms with E-state index in [1.807, 2.05) is 0 Å². The molecule has 0 bridgehead atoms. The second-order valence-electron chi connectivity index (χ2n) is 6.55. The van der Waals surface area contributed by atoms with Gasteiger partial charge in [0.2, 0.25) is 0 Å². The van der Waals surface area contributed by atoms with E-state index in [9.17, 15) is 4.79 Å². The molecule has 3 heteroatoms. The molecule has 0 fully saturated rings. The first-order chi connectivity index (χ1) is 12.7. The maximum absolute atomic E-state index is 10.9. The summed E-state index contributed by atoms with van der Waals surface area (Å²) in [7, 11) is 0. The van der Waals surface area contributed by atoms with Crippen LogP contribution in [0.25, 0.3) is 11.1 Å². The van der Waals surface area contributed by atoms with Crippen LogP contribution in [-0.4, -0.2) is 17.7 Å². The Morgan fingerprint density at radius 2 is 1.42 bits per heavy atom. The third-order valence-electron chi connectivity index (χ3n) is 4.97. The Hall–Kier alpha value is -3.07. The van der Waals surface area contributed by atoms with E-state index in [0.29, 0.717) is 18.3 Å². The first kappa shape index (κ1) is 16.4. The predicted molar refractivity (Wildman–Crippen MR) is 102 cm³/mol. The van der Waals surface area contributed by atoms with E-state index in [1.165, 1.54) is 22.3 Å². The van der Waals surface area contributed by atoms with Crippen molar-refractivity contribution in [2.24, 2.45) is 0 Å². The molecule has 0 saturated heterocycles. The third-order valence-corrected chi connectivity index (χ3v) is 4.97. The molecule has 3 aromatic rings. The van der Waals surface area contributed by atoms with Crippen LogP contribution in [0.3, 0.4) is 0 Å². The van der Waals surface area contributed by atoms with Crippen LogP contribution in [-0.2, 0) is 0 Å². The first-order valence-corrected chi connectivity index (χ1v) is 8.88. The van der Waals surface area contributed by atoms with Crippen molar-refractivity contribution >= 4 is 5.97 Å². The topological polar surface area (TPSA) is 46.5 Å². The van der Waals surface area contributed by atoms with E-state index >= 15 is 0 Å². The van der Waals surface area contributed by atoms with Crippen molar-refractivity contribution in [1.82, 2.24) is 0 Å². The van der Waals surface area contributed by atoms with Crippen LogP contribution < -0.4 is 4.74 Å². The highest BCUT2D eigenvalue weighted by atomic mass is 16.5. The number of hydrogen-bond donors (Lipinski definition) is 1. The Balaban J connectivity index is 1.40. The SMILES string of the molecule is O=C(O)c1ccc(OCCCC2c3ccccc3-c3ccccc32)cc1. The van der Waals surface area contributed by atoms with E-state index in [4.69, 9.17) is 9.84 Å². The van der Waals surface area contributed by atoms with Crippen molar-refractivity contribution in [3.8, 4) is 16.9 Å². The van der Waals surface area contributed by atoms with Gasteiger partial charge in [-0.05, 0) is 59.4 Å². The molecule has 0 spiro atoms. The first-order valence-electron chi connectivity index (χ1n) is 8.88. The molecule has 1 aliphatic rings. The van der Waals surface area contributed by atoms with Gasteiger partial charge in [-0.15, -0.1) is 0 Å². The normalized spacial score (nSPS) is 12.5. The second kappa shape index (κ2) is 7.04. The van der Waals surface area contributed by atoms with Crippen molar-refractivity contribution < 1.29 is 14.6 Å². The van der Waals surface area contributed by atoms with Gasteiger partial charge in [0.15, 0.2) is 0 Å². The monoisotopic (exact) mass is 344 g/mol. The number of ether oxygens (including phenoxy) is 1. The summed E-state index contributed by atoms with van der Waals surface area (Å²) in [6.45, 7) is 0.618. The highest BCUT2D eigenvalue weighted by Crippen LogP contribution is 2.46. The molecule has 1 N–H and O–H groups in total. The van der Waals surface area contributed by atoms with Crippen LogP contribution >= 0.6 is 0 Å². The van der Waals surface area contributed by atoms with Crippen LogP contribution in [0.4, 0.5) is 0 Å². The van der Waals surface area contributed by atoms with Gasteiger partial charge in [0.1, 0.15) is 5.75 Å². The molecule has 0 amide bonds. The van der Waals surface area contributed by atoms with E-state index in [1.54, 1.807) is 24.3 Å². The minimum atomic E-state index is -0.921. The van der Waals surface area contributed by atoms with E-state index in [-0.39, 0.29) is 5.56 Å². The molecule has 4 rings (SSSR count). The van der Waals surface area contributed by atoms with Gasteiger partial charge in [-0.2, -0.15) is 0 Å². The van der Waals surface area contributed by atoms with Crippen molar-refractivity contribution in [3.05, 3.63) is 89.5 Å². The molecule has 0 saturated carbocycles. The second-order valence-corrected chi connectivity index (χ2v) is 6.55. The van der Waals surface area contributed by atoms with E-state index in [0.717, 1.165) is 12.8 Å². The van der Waals surface area contributed by atoms with Gasteiger partial charge < -0.3 is 9.84 Å². The maximum Gasteiger partial charge on any atom is 0.335 e. The number of benzene rings is 3. The molecule has 0 aliphatic heterocycles. The highest BCUT2D eigenvalue weighted by molar-refractivity contribution is 5.87. The van der Waals surface area contributed by atoms with Crippen molar-refractivity contribution in [2.45, 2.75) is 18.8 Å². The fourth-order valence-corrected chi connectivity index (χ4v) is 3.74. The lowest BCUT2D eigenvalue weighted by molar-refractivity contribution is 0.0697. The minimum Gasteiger partial charge on any atom is -0.494 e. The molecule has 0 radical (unpaired) electrons. The molecule has 0 aromatic heterocycles. The lowest BCUT2D eigenvalue weighted by atomic mass is 9.92. The highest BCUT2D eigenvalue weighted by Gasteiger charge is 2.27. The van der Waals surface area contributed by atoms with Gasteiger partial charge in [-0.25, -0.2) is 4.79 Å². The Labute approximate surface area is 152 Å². The summed E-state index contributed by atoms with van der Waals surface area (Å²) < 4.78 is 5.78. The standard InChI is InChI=1S/C23H20O3/c24-23(25)16-11-13-17(14-12-16)26-15-5-10-22-20-8-3-1-6-18(20)19-7-2-4-9-21(19)22/h1-4,6-9,11-14,22H,5,10,15H2,(H,24,25). The molecule has 1 aliphatic carbocycles. The molecule has 3 nitrogen and oxygen atoms in total. The van der Waals surface area contributed by atoms with Gasteiger partial charge >= 0.3 is 5.97 Å². The van der Waals surface area contributed by atoms with Crippen LogP contribution in [0.2, 0.25) is 0 Å². The largest absolute Gasteiger partial charge is 0.494 e. The molecule has 130 valence electrons. The van der Waals surface area contributed by atoms with Gasteiger partial charge in [-0.3, -0.25) is 0 Å². The number of rotatable bonds is 6. The lowest BCUT2D eigenvalue weighted by Gasteiger charge is -2.14. The molecule has 3 aromatic carbocycles. The number of fused-ring (bicyclic) bond motifs is 3.